The summed E-state index contributed by atoms with van der Waals surface area (Å²) in [6.45, 7) is 1.12. The van der Waals surface area contributed by atoms with Gasteiger partial charge in [-0.25, -0.2) is 0 Å². The smallest absolute Gasteiger partial charge is 0.307 e. The third kappa shape index (κ3) is 4.94. The second-order valence-corrected chi connectivity index (χ2v) is 6.69. The molecular weight excluding hydrogens is 344 g/mol. The lowest BCUT2D eigenvalue weighted by atomic mass is 9.95. The molecule has 1 heterocycles. The van der Waals surface area contributed by atoms with Crippen molar-refractivity contribution in [3.8, 4) is 0 Å². The van der Waals surface area contributed by atoms with Gasteiger partial charge in [-0.15, -0.1) is 0 Å². The van der Waals surface area contributed by atoms with Crippen molar-refractivity contribution in [3.05, 3.63) is 65.7 Å². The molecule has 6 nitrogen and oxygen atoms in total. The molecule has 1 aliphatic rings. The minimum absolute atomic E-state index is 0.00322. The minimum Gasteiger partial charge on any atom is -0.481 e. The number of nitrogens with one attached hydrogen (secondary N) is 1. The summed E-state index contributed by atoms with van der Waals surface area (Å²) >= 11 is 0. The average molecular weight is 366 g/mol. The summed E-state index contributed by atoms with van der Waals surface area (Å²) in [4.78, 5) is 37.4. The monoisotopic (exact) mass is 366 g/mol. The molecule has 0 unspecified atom stereocenters. The third-order valence-electron chi connectivity index (χ3n) is 4.75. The molecule has 6 heteroatoms. The van der Waals surface area contributed by atoms with Crippen LogP contribution >= 0.6 is 0 Å². The van der Waals surface area contributed by atoms with Crippen LogP contribution in [-0.4, -0.2) is 40.9 Å². The molecule has 0 aromatic heterocycles. The number of carboxylic acids is 1. The van der Waals surface area contributed by atoms with Crippen LogP contribution in [0.25, 0.3) is 0 Å². The number of anilines is 1. The SMILES string of the molecule is O=C(O)Cc1ccc(NC(=O)C2CCN(C(=O)c3ccccc3)CC2)cc1. The normalized spacial score (nSPS) is 14.6. The highest BCUT2D eigenvalue weighted by Crippen LogP contribution is 2.21. The molecule has 27 heavy (non-hydrogen) atoms. The summed E-state index contributed by atoms with van der Waals surface area (Å²) in [6.07, 6.45) is 1.21. The molecule has 0 saturated carbocycles. The largest absolute Gasteiger partial charge is 0.481 e. The van der Waals surface area contributed by atoms with Gasteiger partial charge in [-0.05, 0) is 42.7 Å². The maximum atomic E-state index is 12.5. The van der Waals surface area contributed by atoms with Gasteiger partial charge in [-0.3, -0.25) is 14.4 Å². The fraction of sp³-hybridized carbons (Fsp3) is 0.286. The Kier molecular flexibility index (Phi) is 5.86. The lowest BCUT2D eigenvalue weighted by Crippen LogP contribution is -2.41. The Labute approximate surface area is 157 Å². The molecule has 3 rings (SSSR count). The van der Waals surface area contributed by atoms with Gasteiger partial charge in [-0.2, -0.15) is 0 Å². The number of carbonyl (C=O) groups is 3. The second-order valence-electron chi connectivity index (χ2n) is 6.69. The summed E-state index contributed by atoms with van der Waals surface area (Å²) in [6, 6.07) is 16.0. The number of carbonyl (C=O) groups excluding carboxylic acids is 2. The van der Waals surface area contributed by atoms with Crippen LogP contribution in [0.4, 0.5) is 5.69 Å². The molecule has 2 aromatic rings. The first-order chi connectivity index (χ1) is 13.0. The van der Waals surface area contributed by atoms with Gasteiger partial charge < -0.3 is 15.3 Å². The number of hydrogen-bond donors (Lipinski definition) is 2. The fourth-order valence-corrected chi connectivity index (χ4v) is 3.23. The van der Waals surface area contributed by atoms with Crippen LogP contribution < -0.4 is 5.32 Å². The van der Waals surface area contributed by atoms with Crippen LogP contribution in [0.15, 0.2) is 54.6 Å². The van der Waals surface area contributed by atoms with Crippen molar-refractivity contribution in [1.82, 2.24) is 4.90 Å². The number of likely N-dealkylation sites (tertiary alicyclic amines) is 1. The molecule has 140 valence electrons. The van der Waals surface area contributed by atoms with Crippen LogP contribution in [0.5, 0.6) is 0 Å². The zero-order valence-electron chi connectivity index (χ0n) is 14.9. The number of rotatable bonds is 5. The summed E-state index contributed by atoms with van der Waals surface area (Å²) in [5, 5.41) is 11.7. The third-order valence-corrected chi connectivity index (χ3v) is 4.75. The Balaban J connectivity index is 1.51. The van der Waals surface area contributed by atoms with E-state index in [9.17, 15) is 14.4 Å². The van der Waals surface area contributed by atoms with Crippen LogP contribution in [0.3, 0.4) is 0 Å². The van der Waals surface area contributed by atoms with Gasteiger partial charge in [0.15, 0.2) is 0 Å². The van der Waals surface area contributed by atoms with Gasteiger partial charge in [0.25, 0.3) is 5.91 Å². The van der Waals surface area contributed by atoms with E-state index in [0.29, 0.717) is 42.7 Å². The van der Waals surface area contributed by atoms with Crippen molar-refractivity contribution >= 4 is 23.5 Å². The van der Waals surface area contributed by atoms with Crippen molar-refractivity contribution in [2.75, 3.05) is 18.4 Å². The highest BCUT2D eigenvalue weighted by Gasteiger charge is 2.27. The molecule has 2 aromatic carbocycles. The fourth-order valence-electron chi connectivity index (χ4n) is 3.23. The molecule has 1 saturated heterocycles. The van der Waals surface area contributed by atoms with E-state index in [-0.39, 0.29) is 24.2 Å². The highest BCUT2D eigenvalue weighted by atomic mass is 16.4. The predicted octanol–water partition coefficient (Wildman–Crippen LogP) is 2.80. The number of hydrogen-bond acceptors (Lipinski definition) is 3. The van der Waals surface area contributed by atoms with E-state index in [1.54, 1.807) is 41.3 Å². The molecule has 0 atom stereocenters. The van der Waals surface area contributed by atoms with E-state index in [1.165, 1.54) is 0 Å². The molecule has 2 N–H and O–H groups in total. The molecule has 0 spiro atoms. The zero-order chi connectivity index (χ0) is 19.2. The maximum Gasteiger partial charge on any atom is 0.307 e. The Hall–Kier alpha value is -3.15. The number of benzene rings is 2. The maximum absolute atomic E-state index is 12.5. The van der Waals surface area contributed by atoms with Gasteiger partial charge in [0.05, 0.1) is 6.42 Å². The van der Waals surface area contributed by atoms with Crippen molar-refractivity contribution in [3.63, 3.8) is 0 Å². The highest BCUT2D eigenvalue weighted by molar-refractivity contribution is 5.95. The van der Waals surface area contributed by atoms with E-state index in [2.05, 4.69) is 5.32 Å². The molecular formula is C21H22N2O4. The van der Waals surface area contributed by atoms with E-state index >= 15 is 0 Å². The van der Waals surface area contributed by atoms with Gasteiger partial charge in [0.2, 0.25) is 5.91 Å². The van der Waals surface area contributed by atoms with Crippen LogP contribution in [-0.2, 0) is 16.0 Å². The van der Waals surface area contributed by atoms with E-state index in [1.807, 2.05) is 18.2 Å². The Morgan fingerprint density at radius 2 is 1.59 bits per heavy atom. The van der Waals surface area contributed by atoms with Crippen LogP contribution in [0.2, 0.25) is 0 Å². The first-order valence-corrected chi connectivity index (χ1v) is 8.99. The zero-order valence-corrected chi connectivity index (χ0v) is 14.9. The topological polar surface area (TPSA) is 86.7 Å². The summed E-state index contributed by atoms with van der Waals surface area (Å²) < 4.78 is 0. The van der Waals surface area contributed by atoms with Gasteiger partial charge in [-0.1, -0.05) is 30.3 Å². The van der Waals surface area contributed by atoms with Crippen molar-refractivity contribution in [1.29, 1.82) is 0 Å². The second kappa shape index (κ2) is 8.49. The van der Waals surface area contributed by atoms with Crippen molar-refractivity contribution < 1.29 is 19.5 Å². The van der Waals surface area contributed by atoms with E-state index in [4.69, 9.17) is 5.11 Å². The summed E-state index contributed by atoms with van der Waals surface area (Å²) in [5.41, 5.74) is 2.01. The first-order valence-electron chi connectivity index (χ1n) is 8.99. The molecule has 2 amide bonds. The minimum atomic E-state index is -0.886. The molecule has 0 radical (unpaired) electrons. The number of carboxylic acid groups (broad SMARTS) is 1. The van der Waals surface area contributed by atoms with Gasteiger partial charge in [0.1, 0.15) is 0 Å². The quantitative estimate of drug-likeness (QED) is 0.852. The lowest BCUT2D eigenvalue weighted by molar-refractivity contribution is -0.136. The van der Waals surface area contributed by atoms with Gasteiger partial charge >= 0.3 is 5.97 Å². The average Bonchev–Trinajstić information content (AvgIpc) is 2.69. The van der Waals surface area contributed by atoms with E-state index in [0.717, 1.165) is 0 Å². The molecule has 0 aliphatic carbocycles. The number of aliphatic carboxylic acids is 1. The summed E-state index contributed by atoms with van der Waals surface area (Å²) in [7, 11) is 0. The number of nitrogens with zero attached hydrogens (tertiary/aromatic N) is 1. The predicted molar refractivity (Wildman–Crippen MR) is 101 cm³/mol. The molecule has 1 fully saturated rings. The summed E-state index contributed by atoms with van der Waals surface area (Å²) in [5.74, 6) is -1.08. The Bertz CT molecular complexity index is 810. The van der Waals surface area contributed by atoms with Crippen LogP contribution in [0, 0.1) is 5.92 Å². The lowest BCUT2D eigenvalue weighted by Gasteiger charge is -2.31. The van der Waals surface area contributed by atoms with Crippen molar-refractivity contribution in [2.24, 2.45) is 5.92 Å². The Morgan fingerprint density at radius 3 is 2.19 bits per heavy atom. The van der Waals surface area contributed by atoms with Crippen molar-refractivity contribution in [2.45, 2.75) is 19.3 Å². The van der Waals surface area contributed by atoms with E-state index < -0.39 is 5.97 Å². The number of amides is 2. The molecule has 1 aliphatic heterocycles. The van der Waals surface area contributed by atoms with Crippen LogP contribution in [0.1, 0.15) is 28.8 Å². The Morgan fingerprint density at radius 1 is 0.963 bits per heavy atom. The number of piperidine rings is 1. The standard InChI is InChI=1S/C21H22N2O4/c24-19(25)14-15-6-8-18(9-7-15)22-20(26)16-10-12-23(13-11-16)21(27)17-4-2-1-3-5-17/h1-9,16H,10-14H2,(H,22,26)(H,24,25). The molecule has 0 bridgehead atoms. The van der Waals surface area contributed by atoms with Gasteiger partial charge in [0, 0.05) is 30.3 Å². The first kappa shape index (κ1) is 18.6.